The van der Waals surface area contributed by atoms with Crippen LogP contribution in [0.1, 0.15) is 74.3 Å². The van der Waals surface area contributed by atoms with E-state index < -0.39 is 0 Å². The van der Waals surface area contributed by atoms with Gasteiger partial charge in [0, 0.05) is 11.3 Å². The van der Waals surface area contributed by atoms with Crippen LogP contribution in [0.15, 0.2) is 24.3 Å². The van der Waals surface area contributed by atoms with Crippen LogP contribution in [-0.2, 0) is 0 Å². The number of rotatable bonds is 2. The standard InChI is InChI=1S/C17H23Cl/c18-17-8-3-1-2-7-16(17)15-11-9-14(10-12-15)13-5-4-6-13/h9-13,16-17H,1-8H2. The lowest BCUT2D eigenvalue weighted by atomic mass is 9.79. The number of hydrogen-bond acceptors (Lipinski definition) is 0. The molecule has 2 fully saturated rings. The highest BCUT2D eigenvalue weighted by Crippen LogP contribution is 2.39. The van der Waals surface area contributed by atoms with Gasteiger partial charge in [0.1, 0.15) is 0 Å². The Kier molecular flexibility index (Phi) is 3.94. The average molecular weight is 263 g/mol. The van der Waals surface area contributed by atoms with Crippen LogP contribution in [0.3, 0.4) is 0 Å². The monoisotopic (exact) mass is 262 g/mol. The summed E-state index contributed by atoms with van der Waals surface area (Å²) in [6, 6.07) is 9.40. The fraction of sp³-hybridized carbons (Fsp3) is 0.647. The van der Waals surface area contributed by atoms with Gasteiger partial charge >= 0.3 is 0 Å². The van der Waals surface area contributed by atoms with Crippen molar-refractivity contribution in [2.24, 2.45) is 0 Å². The van der Waals surface area contributed by atoms with Crippen LogP contribution >= 0.6 is 11.6 Å². The summed E-state index contributed by atoms with van der Waals surface area (Å²) in [6.07, 6.45) is 10.7. The third-order valence-corrected chi connectivity index (χ3v) is 5.40. The summed E-state index contributed by atoms with van der Waals surface area (Å²) in [7, 11) is 0. The first kappa shape index (κ1) is 12.5. The molecule has 2 atom stereocenters. The van der Waals surface area contributed by atoms with Crippen LogP contribution < -0.4 is 0 Å². The van der Waals surface area contributed by atoms with Gasteiger partial charge in [-0.1, -0.05) is 49.9 Å². The Balaban J connectivity index is 1.74. The number of alkyl halides is 1. The molecule has 0 heterocycles. The predicted octanol–water partition coefficient (Wildman–Crippen LogP) is 5.61. The van der Waals surface area contributed by atoms with E-state index in [0.29, 0.717) is 11.3 Å². The third-order valence-electron chi connectivity index (χ3n) is 4.87. The van der Waals surface area contributed by atoms with Crippen LogP contribution in [0.2, 0.25) is 0 Å². The first-order chi connectivity index (χ1) is 8.84. The Hall–Kier alpha value is -0.490. The highest BCUT2D eigenvalue weighted by atomic mass is 35.5. The van der Waals surface area contributed by atoms with E-state index >= 15 is 0 Å². The van der Waals surface area contributed by atoms with Gasteiger partial charge in [-0.15, -0.1) is 11.6 Å². The summed E-state index contributed by atoms with van der Waals surface area (Å²) < 4.78 is 0. The minimum absolute atomic E-state index is 0.349. The zero-order valence-corrected chi connectivity index (χ0v) is 11.8. The van der Waals surface area contributed by atoms with Gasteiger partial charge in [-0.25, -0.2) is 0 Å². The first-order valence-electron chi connectivity index (χ1n) is 7.58. The normalized spacial score (nSPS) is 29.6. The minimum atomic E-state index is 0.349. The summed E-state index contributed by atoms with van der Waals surface area (Å²) >= 11 is 6.56. The molecule has 0 bridgehead atoms. The van der Waals surface area contributed by atoms with Gasteiger partial charge in [0.05, 0.1) is 0 Å². The molecule has 2 saturated carbocycles. The van der Waals surface area contributed by atoms with Crippen LogP contribution in [0.25, 0.3) is 0 Å². The van der Waals surface area contributed by atoms with Crippen molar-refractivity contribution in [2.45, 2.75) is 68.6 Å². The summed E-state index contributed by atoms with van der Waals surface area (Å²) in [6.45, 7) is 0. The van der Waals surface area contributed by atoms with Gasteiger partial charge in [-0.05, 0) is 42.7 Å². The smallest absolute Gasteiger partial charge is 0.0404 e. The molecule has 0 radical (unpaired) electrons. The molecule has 0 aliphatic heterocycles. The fourth-order valence-corrected chi connectivity index (χ4v) is 3.82. The van der Waals surface area contributed by atoms with Gasteiger partial charge in [0.15, 0.2) is 0 Å². The number of hydrogen-bond donors (Lipinski definition) is 0. The predicted molar refractivity (Wildman–Crippen MR) is 78.5 cm³/mol. The highest BCUT2D eigenvalue weighted by Gasteiger charge is 2.24. The van der Waals surface area contributed by atoms with E-state index in [1.807, 2.05) is 0 Å². The van der Waals surface area contributed by atoms with E-state index in [2.05, 4.69) is 24.3 Å². The third kappa shape index (κ3) is 2.59. The molecular weight excluding hydrogens is 240 g/mol. The van der Waals surface area contributed by atoms with E-state index in [-0.39, 0.29) is 0 Å². The summed E-state index contributed by atoms with van der Waals surface area (Å²) in [5, 5.41) is 0.349. The van der Waals surface area contributed by atoms with Crippen molar-refractivity contribution in [1.29, 1.82) is 0 Å². The largest absolute Gasteiger partial charge is 0.122 e. The fourth-order valence-electron chi connectivity index (χ4n) is 3.39. The van der Waals surface area contributed by atoms with Crippen LogP contribution in [0.4, 0.5) is 0 Å². The lowest BCUT2D eigenvalue weighted by molar-refractivity contribution is 0.419. The molecule has 0 aromatic heterocycles. The van der Waals surface area contributed by atoms with Crippen molar-refractivity contribution in [1.82, 2.24) is 0 Å². The molecule has 1 heteroatoms. The van der Waals surface area contributed by atoms with E-state index in [1.54, 1.807) is 5.56 Å². The second kappa shape index (κ2) is 5.65. The second-order valence-electron chi connectivity index (χ2n) is 6.05. The van der Waals surface area contributed by atoms with Crippen molar-refractivity contribution in [3.8, 4) is 0 Å². The van der Waals surface area contributed by atoms with Crippen molar-refractivity contribution in [3.05, 3.63) is 35.4 Å². The van der Waals surface area contributed by atoms with Gasteiger partial charge in [-0.2, -0.15) is 0 Å². The van der Waals surface area contributed by atoms with E-state index in [1.165, 1.54) is 56.9 Å². The Morgan fingerprint density at radius 3 is 2.06 bits per heavy atom. The molecule has 2 aliphatic rings. The lowest BCUT2D eigenvalue weighted by Crippen LogP contribution is -2.12. The maximum absolute atomic E-state index is 6.56. The van der Waals surface area contributed by atoms with Crippen LogP contribution in [-0.4, -0.2) is 5.38 Å². The molecule has 1 aromatic rings. The molecule has 2 unspecified atom stereocenters. The maximum atomic E-state index is 6.56. The SMILES string of the molecule is ClC1CCCCCC1c1ccc(C2CCC2)cc1. The molecule has 1 aromatic carbocycles. The van der Waals surface area contributed by atoms with Crippen LogP contribution in [0.5, 0.6) is 0 Å². The minimum Gasteiger partial charge on any atom is -0.122 e. The average Bonchev–Trinajstić information content (AvgIpc) is 2.53. The molecule has 18 heavy (non-hydrogen) atoms. The zero-order chi connectivity index (χ0) is 12.4. The molecular formula is C17H23Cl. The summed E-state index contributed by atoms with van der Waals surface area (Å²) in [5.41, 5.74) is 3.02. The van der Waals surface area contributed by atoms with E-state index in [9.17, 15) is 0 Å². The Bertz CT molecular complexity index is 377. The van der Waals surface area contributed by atoms with Crippen molar-refractivity contribution in [3.63, 3.8) is 0 Å². The molecule has 0 N–H and O–H groups in total. The van der Waals surface area contributed by atoms with Gasteiger partial charge in [0.25, 0.3) is 0 Å². The van der Waals surface area contributed by atoms with Crippen LogP contribution in [0, 0.1) is 0 Å². The summed E-state index contributed by atoms with van der Waals surface area (Å²) in [4.78, 5) is 0. The van der Waals surface area contributed by atoms with E-state index in [4.69, 9.17) is 11.6 Å². The second-order valence-corrected chi connectivity index (χ2v) is 6.62. The lowest BCUT2D eigenvalue weighted by Gasteiger charge is -2.27. The molecule has 0 saturated heterocycles. The van der Waals surface area contributed by atoms with Gasteiger partial charge in [-0.3, -0.25) is 0 Å². The molecule has 0 nitrogen and oxygen atoms in total. The topological polar surface area (TPSA) is 0 Å². The Morgan fingerprint density at radius 1 is 0.722 bits per heavy atom. The van der Waals surface area contributed by atoms with Gasteiger partial charge in [0.2, 0.25) is 0 Å². The highest BCUT2D eigenvalue weighted by molar-refractivity contribution is 6.21. The summed E-state index contributed by atoms with van der Waals surface area (Å²) in [5.74, 6) is 1.43. The molecule has 0 spiro atoms. The Morgan fingerprint density at radius 2 is 1.39 bits per heavy atom. The zero-order valence-electron chi connectivity index (χ0n) is 11.1. The first-order valence-corrected chi connectivity index (χ1v) is 8.02. The molecule has 3 rings (SSSR count). The molecule has 0 amide bonds. The Labute approximate surface area is 116 Å². The van der Waals surface area contributed by atoms with E-state index in [0.717, 1.165) is 5.92 Å². The maximum Gasteiger partial charge on any atom is 0.0404 e. The van der Waals surface area contributed by atoms with Gasteiger partial charge < -0.3 is 0 Å². The number of benzene rings is 1. The quantitative estimate of drug-likeness (QED) is 0.480. The van der Waals surface area contributed by atoms with Crippen molar-refractivity contribution in [2.75, 3.05) is 0 Å². The molecule has 2 aliphatic carbocycles. The van der Waals surface area contributed by atoms with Crippen molar-refractivity contribution < 1.29 is 0 Å². The number of halogens is 1. The van der Waals surface area contributed by atoms with Crippen molar-refractivity contribution >= 4 is 11.6 Å². The molecule has 98 valence electrons.